The molecule has 0 radical (unpaired) electrons. The molecule has 86 valence electrons. The van der Waals surface area contributed by atoms with E-state index in [1.807, 2.05) is 31.2 Å². The highest BCUT2D eigenvalue weighted by Gasteiger charge is 2.32. The number of carbonyl (C=O) groups excluding carboxylic acids is 1. The summed E-state index contributed by atoms with van der Waals surface area (Å²) in [6.45, 7) is 2.60. The lowest BCUT2D eigenvalue weighted by Gasteiger charge is -2.10. The highest BCUT2D eigenvalue weighted by molar-refractivity contribution is 6.30. The van der Waals surface area contributed by atoms with Gasteiger partial charge in [-0.25, -0.2) is 0 Å². The molecular formula is C13H16ClNO. The van der Waals surface area contributed by atoms with Crippen LogP contribution in [0.25, 0.3) is 0 Å². The zero-order chi connectivity index (χ0) is 11.5. The molecule has 3 heteroatoms. The summed E-state index contributed by atoms with van der Waals surface area (Å²) in [4.78, 5) is 11.7. The van der Waals surface area contributed by atoms with Crippen molar-refractivity contribution in [2.24, 2.45) is 11.8 Å². The van der Waals surface area contributed by atoms with E-state index in [0.29, 0.717) is 12.5 Å². The van der Waals surface area contributed by atoms with Gasteiger partial charge in [-0.15, -0.1) is 0 Å². The molecule has 1 saturated carbocycles. The SMILES string of the molecule is CC(C(=O)NCc1ccc(Cl)cc1)C1CC1. The summed E-state index contributed by atoms with van der Waals surface area (Å²) in [5.74, 6) is 0.940. The fourth-order valence-electron chi connectivity index (χ4n) is 1.76. The number of rotatable bonds is 4. The van der Waals surface area contributed by atoms with Crippen LogP contribution in [0.15, 0.2) is 24.3 Å². The molecule has 0 saturated heterocycles. The Morgan fingerprint density at radius 3 is 2.62 bits per heavy atom. The van der Waals surface area contributed by atoms with Crippen LogP contribution in [0, 0.1) is 11.8 Å². The number of amides is 1. The third-order valence-corrected chi connectivity index (χ3v) is 3.37. The monoisotopic (exact) mass is 237 g/mol. The minimum atomic E-state index is 0.160. The van der Waals surface area contributed by atoms with E-state index in [9.17, 15) is 4.79 Å². The maximum atomic E-state index is 11.7. The van der Waals surface area contributed by atoms with Crippen LogP contribution in [0.5, 0.6) is 0 Å². The molecule has 0 heterocycles. The molecule has 1 N–H and O–H groups in total. The van der Waals surface area contributed by atoms with E-state index < -0.39 is 0 Å². The molecule has 1 aliphatic rings. The smallest absolute Gasteiger partial charge is 0.223 e. The van der Waals surface area contributed by atoms with Gasteiger partial charge in [-0.2, -0.15) is 0 Å². The summed E-state index contributed by atoms with van der Waals surface area (Å²) in [6.07, 6.45) is 2.41. The molecule has 0 aromatic heterocycles. The van der Waals surface area contributed by atoms with E-state index in [4.69, 9.17) is 11.6 Å². The average molecular weight is 238 g/mol. The van der Waals surface area contributed by atoms with Gasteiger partial charge >= 0.3 is 0 Å². The van der Waals surface area contributed by atoms with Crippen LogP contribution in [0.3, 0.4) is 0 Å². The summed E-state index contributed by atoms with van der Waals surface area (Å²) >= 11 is 5.79. The van der Waals surface area contributed by atoms with E-state index in [0.717, 1.165) is 10.6 Å². The van der Waals surface area contributed by atoms with Crippen LogP contribution in [0.4, 0.5) is 0 Å². The van der Waals surface area contributed by atoms with Crippen LogP contribution < -0.4 is 5.32 Å². The molecule has 2 nitrogen and oxygen atoms in total. The maximum absolute atomic E-state index is 11.7. The minimum Gasteiger partial charge on any atom is -0.352 e. The zero-order valence-electron chi connectivity index (χ0n) is 9.37. The summed E-state index contributed by atoms with van der Waals surface area (Å²) < 4.78 is 0. The van der Waals surface area contributed by atoms with Crippen molar-refractivity contribution in [2.75, 3.05) is 0 Å². The first kappa shape index (κ1) is 11.5. The van der Waals surface area contributed by atoms with Gasteiger partial charge in [0.1, 0.15) is 0 Å². The first-order chi connectivity index (χ1) is 7.66. The fraction of sp³-hybridized carbons (Fsp3) is 0.462. The van der Waals surface area contributed by atoms with Crippen molar-refractivity contribution < 1.29 is 4.79 Å². The molecule has 0 aliphatic heterocycles. The van der Waals surface area contributed by atoms with Gasteiger partial charge in [0, 0.05) is 17.5 Å². The normalized spacial score (nSPS) is 16.9. The van der Waals surface area contributed by atoms with Crippen molar-refractivity contribution in [2.45, 2.75) is 26.3 Å². The Morgan fingerprint density at radius 2 is 2.06 bits per heavy atom. The summed E-state index contributed by atoms with van der Waals surface area (Å²) in [5, 5.41) is 3.68. The Hall–Kier alpha value is -1.02. The van der Waals surface area contributed by atoms with Crippen LogP contribution in [-0.4, -0.2) is 5.91 Å². The molecule has 16 heavy (non-hydrogen) atoms. The molecule has 0 spiro atoms. The van der Waals surface area contributed by atoms with Gasteiger partial charge in [0.05, 0.1) is 0 Å². The van der Waals surface area contributed by atoms with E-state index in [-0.39, 0.29) is 11.8 Å². The number of nitrogens with one attached hydrogen (secondary N) is 1. The predicted molar refractivity (Wildman–Crippen MR) is 65.2 cm³/mol. The standard InChI is InChI=1S/C13H16ClNO/c1-9(11-4-5-11)13(16)15-8-10-2-6-12(14)7-3-10/h2-3,6-7,9,11H,4-5,8H2,1H3,(H,15,16). The Morgan fingerprint density at radius 1 is 1.44 bits per heavy atom. The van der Waals surface area contributed by atoms with Gasteiger partial charge in [0.2, 0.25) is 5.91 Å². The number of hydrogen-bond donors (Lipinski definition) is 1. The second-order valence-corrected chi connectivity index (χ2v) is 4.91. The van der Waals surface area contributed by atoms with Crippen molar-refractivity contribution in [3.05, 3.63) is 34.9 Å². The van der Waals surface area contributed by atoms with Crippen molar-refractivity contribution in [1.82, 2.24) is 5.32 Å². The van der Waals surface area contributed by atoms with E-state index in [2.05, 4.69) is 5.32 Å². The highest BCUT2D eigenvalue weighted by Crippen LogP contribution is 2.36. The fourth-order valence-corrected chi connectivity index (χ4v) is 1.89. The number of hydrogen-bond acceptors (Lipinski definition) is 1. The van der Waals surface area contributed by atoms with Gasteiger partial charge in [0.25, 0.3) is 0 Å². The van der Waals surface area contributed by atoms with Gasteiger partial charge in [-0.05, 0) is 36.5 Å². The van der Waals surface area contributed by atoms with Crippen molar-refractivity contribution in [1.29, 1.82) is 0 Å². The Labute approximate surface area is 101 Å². The van der Waals surface area contributed by atoms with Crippen molar-refractivity contribution in [3.8, 4) is 0 Å². The Bertz CT molecular complexity index is 370. The summed E-state index contributed by atoms with van der Waals surface area (Å²) in [7, 11) is 0. The van der Waals surface area contributed by atoms with Gasteiger partial charge in [-0.1, -0.05) is 30.7 Å². The van der Waals surface area contributed by atoms with Gasteiger partial charge in [0.15, 0.2) is 0 Å². The predicted octanol–water partition coefficient (Wildman–Crippen LogP) is 3.00. The van der Waals surface area contributed by atoms with Gasteiger partial charge in [-0.3, -0.25) is 4.79 Å². The number of halogens is 1. The zero-order valence-corrected chi connectivity index (χ0v) is 10.1. The van der Waals surface area contributed by atoms with E-state index >= 15 is 0 Å². The molecule has 1 fully saturated rings. The van der Waals surface area contributed by atoms with Crippen molar-refractivity contribution >= 4 is 17.5 Å². The van der Waals surface area contributed by atoms with E-state index in [1.54, 1.807) is 0 Å². The first-order valence-corrected chi connectivity index (χ1v) is 6.07. The topological polar surface area (TPSA) is 29.1 Å². The largest absolute Gasteiger partial charge is 0.352 e. The minimum absolute atomic E-state index is 0.160. The third-order valence-electron chi connectivity index (χ3n) is 3.12. The first-order valence-electron chi connectivity index (χ1n) is 5.69. The Balaban J connectivity index is 1.82. The van der Waals surface area contributed by atoms with Crippen molar-refractivity contribution in [3.63, 3.8) is 0 Å². The van der Waals surface area contributed by atoms with Gasteiger partial charge < -0.3 is 5.32 Å². The quantitative estimate of drug-likeness (QED) is 0.857. The molecule has 1 atom stereocenters. The summed E-state index contributed by atoms with van der Waals surface area (Å²) in [6, 6.07) is 7.55. The molecule has 1 unspecified atom stereocenters. The maximum Gasteiger partial charge on any atom is 0.223 e. The summed E-state index contributed by atoms with van der Waals surface area (Å²) in [5.41, 5.74) is 1.08. The highest BCUT2D eigenvalue weighted by atomic mass is 35.5. The molecule has 2 rings (SSSR count). The van der Waals surface area contributed by atoms with Crippen LogP contribution in [0.2, 0.25) is 5.02 Å². The molecule has 0 bridgehead atoms. The Kier molecular flexibility index (Phi) is 3.49. The molecular weight excluding hydrogens is 222 g/mol. The molecule has 1 aliphatic carbocycles. The number of benzene rings is 1. The molecule has 1 aromatic rings. The second kappa shape index (κ2) is 4.88. The number of carbonyl (C=O) groups is 1. The second-order valence-electron chi connectivity index (χ2n) is 4.47. The van der Waals surface area contributed by atoms with Crippen LogP contribution in [-0.2, 0) is 11.3 Å². The van der Waals surface area contributed by atoms with E-state index in [1.165, 1.54) is 12.8 Å². The molecule has 1 aromatic carbocycles. The van der Waals surface area contributed by atoms with Crippen LogP contribution in [0.1, 0.15) is 25.3 Å². The lowest BCUT2D eigenvalue weighted by Crippen LogP contribution is -2.29. The average Bonchev–Trinajstić information content (AvgIpc) is 3.11. The molecule has 1 amide bonds. The lowest BCUT2D eigenvalue weighted by molar-refractivity contribution is -0.125. The third kappa shape index (κ3) is 2.99. The van der Waals surface area contributed by atoms with Crippen LogP contribution >= 0.6 is 11.6 Å². The lowest BCUT2D eigenvalue weighted by atomic mass is 10.1.